The molecule has 7 heteroatoms. The fourth-order valence-electron chi connectivity index (χ4n) is 3.62. The van der Waals surface area contributed by atoms with Gasteiger partial charge in [-0.05, 0) is 69.9 Å². The van der Waals surface area contributed by atoms with Gasteiger partial charge in [-0.25, -0.2) is 9.18 Å². The maximum atomic E-state index is 13.0. The number of halogens is 1. The number of benzene rings is 1. The quantitative estimate of drug-likeness (QED) is 0.797. The Morgan fingerprint density at radius 1 is 1.13 bits per heavy atom. The van der Waals surface area contributed by atoms with Crippen molar-refractivity contribution in [3.63, 3.8) is 0 Å². The van der Waals surface area contributed by atoms with E-state index in [9.17, 15) is 14.0 Å². The van der Waals surface area contributed by atoms with Gasteiger partial charge in [0.15, 0.2) is 0 Å². The van der Waals surface area contributed by atoms with E-state index in [4.69, 9.17) is 4.74 Å². The molecule has 1 aromatic heterocycles. The van der Waals surface area contributed by atoms with Crippen molar-refractivity contribution in [1.82, 2.24) is 14.8 Å². The molecule has 1 aliphatic rings. The molecule has 0 radical (unpaired) electrons. The molecule has 162 valence electrons. The smallest absolute Gasteiger partial charge is 0.410 e. The van der Waals surface area contributed by atoms with Crippen LogP contribution in [-0.4, -0.2) is 46.7 Å². The average molecular weight is 416 g/mol. The lowest BCUT2D eigenvalue weighted by atomic mass is 10.0. The second kappa shape index (κ2) is 9.32. The number of aromatic nitrogens is 1. The minimum Gasteiger partial charge on any atom is -0.444 e. The lowest BCUT2D eigenvalue weighted by Crippen LogP contribution is -2.42. The maximum absolute atomic E-state index is 13.0. The molecule has 1 saturated heterocycles. The summed E-state index contributed by atoms with van der Waals surface area (Å²) >= 11 is 0. The summed E-state index contributed by atoms with van der Waals surface area (Å²) in [4.78, 5) is 26.6. The summed E-state index contributed by atoms with van der Waals surface area (Å²) < 4.78 is 20.4. The normalized spacial score (nSPS) is 15.1. The zero-order valence-corrected chi connectivity index (χ0v) is 17.9. The van der Waals surface area contributed by atoms with E-state index in [1.54, 1.807) is 17.0 Å². The predicted molar refractivity (Wildman–Crippen MR) is 113 cm³/mol. The number of hydrogen-bond donors (Lipinski definition) is 1. The summed E-state index contributed by atoms with van der Waals surface area (Å²) in [5, 5.41) is 2.94. The SMILES string of the molecule is CC(C)(C)OC(=O)N1CCC(n2cccc2C(=O)NCCc2ccc(F)cc2)CC1. The standard InChI is InChI=1S/C23H30FN3O3/c1-23(2,3)30-22(29)26-15-11-19(12-16-26)27-14-4-5-20(27)21(28)25-13-10-17-6-8-18(24)9-7-17/h4-9,14,19H,10-13,15-16H2,1-3H3,(H,25,28). The van der Waals surface area contributed by atoms with E-state index in [-0.39, 0.29) is 23.9 Å². The van der Waals surface area contributed by atoms with Crippen molar-refractivity contribution in [2.24, 2.45) is 0 Å². The van der Waals surface area contributed by atoms with Gasteiger partial charge in [-0.1, -0.05) is 12.1 Å². The Bertz CT molecular complexity index is 863. The second-order valence-corrected chi connectivity index (χ2v) is 8.63. The molecule has 1 fully saturated rings. The van der Waals surface area contributed by atoms with Gasteiger partial charge in [0.1, 0.15) is 17.1 Å². The van der Waals surface area contributed by atoms with Crippen LogP contribution in [0.1, 0.15) is 55.7 Å². The number of rotatable bonds is 5. The topological polar surface area (TPSA) is 63.6 Å². The van der Waals surface area contributed by atoms with Crippen LogP contribution in [0.25, 0.3) is 0 Å². The second-order valence-electron chi connectivity index (χ2n) is 8.63. The molecule has 0 atom stereocenters. The number of hydrogen-bond acceptors (Lipinski definition) is 3. The minimum absolute atomic E-state index is 0.128. The molecular weight excluding hydrogens is 385 g/mol. The van der Waals surface area contributed by atoms with Crippen LogP contribution in [0.4, 0.5) is 9.18 Å². The number of nitrogens with zero attached hydrogens (tertiary/aromatic N) is 2. The van der Waals surface area contributed by atoms with E-state index >= 15 is 0 Å². The maximum Gasteiger partial charge on any atom is 0.410 e. The van der Waals surface area contributed by atoms with Crippen molar-refractivity contribution < 1.29 is 18.7 Å². The third-order valence-corrected chi connectivity index (χ3v) is 5.13. The number of carbonyl (C=O) groups excluding carboxylic acids is 2. The number of carbonyl (C=O) groups is 2. The molecule has 3 rings (SSSR count). The van der Waals surface area contributed by atoms with Crippen LogP contribution in [0, 0.1) is 5.82 Å². The number of amides is 2. The van der Waals surface area contributed by atoms with Crippen molar-refractivity contribution in [2.45, 2.75) is 51.7 Å². The van der Waals surface area contributed by atoms with Crippen molar-refractivity contribution in [2.75, 3.05) is 19.6 Å². The molecule has 1 aliphatic heterocycles. The van der Waals surface area contributed by atoms with Gasteiger partial charge in [-0.2, -0.15) is 0 Å². The largest absolute Gasteiger partial charge is 0.444 e. The van der Waals surface area contributed by atoms with E-state index < -0.39 is 5.60 Å². The number of likely N-dealkylation sites (tertiary alicyclic amines) is 1. The molecule has 30 heavy (non-hydrogen) atoms. The van der Waals surface area contributed by atoms with Gasteiger partial charge < -0.3 is 19.5 Å². The molecule has 2 aromatic rings. The van der Waals surface area contributed by atoms with E-state index in [0.29, 0.717) is 31.7 Å². The zero-order chi connectivity index (χ0) is 21.7. The Balaban J connectivity index is 1.52. The zero-order valence-electron chi connectivity index (χ0n) is 17.9. The first-order valence-corrected chi connectivity index (χ1v) is 10.4. The molecule has 0 spiro atoms. The molecular formula is C23H30FN3O3. The van der Waals surface area contributed by atoms with Crippen molar-refractivity contribution in [1.29, 1.82) is 0 Å². The van der Waals surface area contributed by atoms with Gasteiger partial charge in [0.25, 0.3) is 5.91 Å². The Morgan fingerprint density at radius 3 is 2.43 bits per heavy atom. The summed E-state index contributed by atoms with van der Waals surface area (Å²) in [5.41, 5.74) is 1.08. The number of piperidine rings is 1. The molecule has 0 saturated carbocycles. The Hall–Kier alpha value is -2.83. The average Bonchev–Trinajstić information content (AvgIpc) is 3.18. The highest BCUT2D eigenvalue weighted by atomic mass is 19.1. The van der Waals surface area contributed by atoms with E-state index in [1.807, 2.05) is 43.7 Å². The molecule has 2 heterocycles. The van der Waals surface area contributed by atoms with Crippen molar-refractivity contribution in [3.8, 4) is 0 Å². The summed E-state index contributed by atoms with van der Waals surface area (Å²) in [6.07, 6.45) is 3.81. The van der Waals surface area contributed by atoms with Crippen LogP contribution in [0.2, 0.25) is 0 Å². The van der Waals surface area contributed by atoms with Gasteiger partial charge in [0.05, 0.1) is 0 Å². The third-order valence-electron chi connectivity index (χ3n) is 5.13. The van der Waals surface area contributed by atoms with Crippen LogP contribution in [-0.2, 0) is 11.2 Å². The Morgan fingerprint density at radius 2 is 1.80 bits per heavy atom. The van der Waals surface area contributed by atoms with Gasteiger partial charge in [-0.3, -0.25) is 4.79 Å². The Labute approximate surface area is 177 Å². The molecule has 1 N–H and O–H groups in total. The summed E-state index contributed by atoms with van der Waals surface area (Å²) in [5.74, 6) is -0.394. The fourth-order valence-corrected chi connectivity index (χ4v) is 3.62. The third kappa shape index (κ3) is 5.84. The van der Waals surface area contributed by atoms with E-state index in [1.165, 1.54) is 12.1 Å². The minimum atomic E-state index is -0.506. The van der Waals surface area contributed by atoms with Crippen LogP contribution < -0.4 is 5.32 Å². The monoisotopic (exact) mass is 415 g/mol. The first-order chi connectivity index (χ1) is 14.2. The molecule has 0 bridgehead atoms. The first-order valence-electron chi connectivity index (χ1n) is 10.4. The van der Waals surface area contributed by atoms with Gasteiger partial charge in [-0.15, -0.1) is 0 Å². The summed E-state index contributed by atoms with van der Waals surface area (Å²) in [7, 11) is 0. The van der Waals surface area contributed by atoms with Crippen LogP contribution in [0.15, 0.2) is 42.6 Å². The van der Waals surface area contributed by atoms with Gasteiger partial charge in [0.2, 0.25) is 0 Å². The molecule has 6 nitrogen and oxygen atoms in total. The predicted octanol–water partition coefficient (Wildman–Crippen LogP) is 4.17. The fraction of sp³-hybridized carbons (Fsp3) is 0.478. The van der Waals surface area contributed by atoms with Crippen LogP contribution in [0.5, 0.6) is 0 Å². The van der Waals surface area contributed by atoms with Crippen molar-refractivity contribution >= 4 is 12.0 Å². The van der Waals surface area contributed by atoms with E-state index in [0.717, 1.165) is 18.4 Å². The molecule has 2 amide bonds. The molecule has 0 aliphatic carbocycles. The summed E-state index contributed by atoms with van der Waals surface area (Å²) in [6, 6.07) is 10.1. The number of nitrogens with one attached hydrogen (secondary N) is 1. The highest BCUT2D eigenvalue weighted by molar-refractivity contribution is 5.92. The van der Waals surface area contributed by atoms with E-state index in [2.05, 4.69) is 5.32 Å². The van der Waals surface area contributed by atoms with Crippen LogP contribution >= 0.6 is 0 Å². The van der Waals surface area contributed by atoms with Crippen molar-refractivity contribution in [3.05, 3.63) is 59.7 Å². The summed E-state index contributed by atoms with van der Waals surface area (Å²) in [6.45, 7) is 7.26. The first kappa shape index (κ1) is 21.9. The lowest BCUT2D eigenvalue weighted by molar-refractivity contribution is 0.0187. The Kier molecular flexibility index (Phi) is 6.80. The molecule has 1 aromatic carbocycles. The number of ether oxygens (including phenoxy) is 1. The van der Waals surface area contributed by atoms with Gasteiger partial charge >= 0.3 is 6.09 Å². The highest BCUT2D eigenvalue weighted by Crippen LogP contribution is 2.25. The van der Waals surface area contributed by atoms with Gasteiger partial charge in [0, 0.05) is 31.9 Å². The lowest BCUT2D eigenvalue weighted by Gasteiger charge is -2.34. The highest BCUT2D eigenvalue weighted by Gasteiger charge is 2.28. The molecule has 0 unspecified atom stereocenters. The van der Waals surface area contributed by atoms with Crippen LogP contribution in [0.3, 0.4) is 0 Å².